The summed E-state index contributed by atoms with van der Waals surface area (Å²) in [6.07, 6.45) is 6.00. The molecule has 0 saturated heterocycles. The highest BCUT2D eigenvalue weighted by Gasteiger charge is 1.96. The molecule has 2 aromatic carbocycles. The first kappa shape index (κ1) is 18.4. The van der Waals surface area contributed by atoms with E-state index >= 15 is 0 Å². The number of nitriles is 2. The second-order valence-electron chi connectivity index (χ2n) is 6.00. The van der Waals surface area contributed by atoms with Crippen molar-refractivity contribution in [3.63, 3.8) is 0 Å². The van der Waals surface area contributed by atoms with Crippen molar-refractivity contribution in [2.75, 3.05) is 23.7 Å². The Bertz CT molecular complexity index is 642. The van der Waals surface area contributed by atoms with Gasteiger partial charge in [-0.3, -0.25) is 0 Å². The maximum absolute atomic E-state index is 8.76. The lowest BCUT2D eigenvalue weighted by molar-refractivity contribution is 0.635. The van der Waals surface area contributed by atoms with Gasteiger partial charge in [-0.15, -0.1) is 0 Å². The molecule has 0 aliphatic heterocycles. The summed E-state index contributed by atoms with van der Waals surface area (Å²) in [5.74, 6) is 0. The first-order chi connectivity index (χ1) is 12.3. The van der Waals surface area contributed by atoms with Crippen LogP contribution in [0, 0.1) is 22.7 Å². The smallest absolute Gasteiger partial charge is 0.0991 e. The second kappa shape index (κ2) is 10.7. The quantitative estimate of drug-likeness (QED) is 0.607. The van der Waals surface area contributed by atoms with Gasteiger partial charge in [0.2, 0.25) is 0 Å². The van der Waals surface area contributed by atoms with Gasteiger partial charge in [0, 0.05) is 24.5 Å². The van der Waals surface area contributed by atoms with Crippen LogP contribution in [0.1, 0.15) is 43.2 Å². The Morgan fingerprint density at radius 2 is 0.920 bits per heavy atom. The topological polar surface area (TPSA) is 71.6 Å². The van der Waals surface area contributed by atoms with E-state index in [-0.39, 0.29) is 0 Å². The Labute approximate surface area is 150 Å². The molecule has 0 atom stereocenters. The molecule has 128 valence electrons. The van der Waals surface area contributed by atoms with Crippen molar-refractivity contribution in [2.24, 2.45) is 0 Å². The van der Waals surface area contributed by atoms with Gasteiger partial charge in [0.05, 0.1) is 23.3 Å². The molecule has 4 nitrogen and oxygen atoms in total. The van der Waals surface area contributed by atoms with Gasteiger partial charge >= 0.3 is 0 Å². The van der Waals surface area contributed by atoms with E-state index in [0.717, 1.165) is 37.3 Å². The third-order valence-electron chi connectivity index (χ3n) is 4.04. The summed E-state index contributed by atoms with van der Waals surface area (Å²) in [6.45, 7) is 1.94. The number of rotatable bonds is 10. The molecule has 0 unspecified atom stereocenters. The van der Waals surface area contributed by atoms with E-state index in [1.807, 2.05) is 48.5 Å². The zero-order valence-corrected chi connectivity index (χ0v) is 14.5. The van der Waals surface area contributed by atoms with E-state index in [0.29, 0.717) is 11.1 Å². The first-order valence-electron chi connectivity index (χ1n) is 8.80. The van der Waals surface area contributed by atoms with Crippen LogP contribution in [0.15, 0.2) is 48.5 Å². The summed E-state index contributed by atoms with van der Waals surface area (Å²) in [7, 11) is 0. The number of hydrogen-bond donors (Lipinski definition) is 2. The highest BCUT2D eigenvalue weighted by atomic mass is 14.9. The minimum Gasteiger partial charge on any atom is -0.385 e. The van der Waals surface area contributed by atoms with Crippen molar-refractivity contribution in [3.05, 3.63) is 59.7 Å². The number of unbranched alkanes of at least 4 members (excludes halogenated alkanes) is 4. The zero-order chi connectivity index (χ0) is 17.7. The summed E-state index contributed by atoms with van der Waals surface area (Å²) >= 11 is 0. The van der Waals surface area contributed by atoms with Crippen LogP contribution in [-0.2, 0) is 0 Å². The molecule has 2 aromatic rings. The molecule has 0 amide bonds. The van der Waals surface area contributed by atoms with Gasteiger partial charge in [-0.25, -0.2) is 0 Å². The second-order valence-corrected chi connectivity index (χ2v) is 6.00. The van der Waals surface area contributed by atoms with Crippen molar-refractivity contribution in [1.29, 1.82) is 10.5 Å². The predicted octanol–water partition coefficient (Wildman–Crippen LogP) is 4.90. The Kier molecular flexibility index (Phi) is 7.88. The molecule has 4 heteroatoms. The molecule has 0 bridgehead atoms. The van der Waals surface area contributed by atoms with Crippen LogP contribution in [0.25, 0.3) is 0 Å². The third-order valence-corrected chi connectivity index (χ3v) is 4.04. The molecule has 2 rings (SSSR count). The lowest BCUT2D eigenvalue weighted by Gasteiger charge is -2.07. The monoisotopic (exact) mass is 332 g/mol. The van der Waals surface area contributed by atoms with Crippen LogP contribution in [0.2, 0.25) is 0 Å². The van der Waals surface area contributed by atoms with Crippen molar-refractivity contribution in [3.8, 4) is 12.1 Å². The number of benzene rings is 2. The summed E-state index contributed by atoms with van der Waals surface area (Å²) < 4.78 is 0. The molecule has 0 aromatic heterocycles. The predicted molar refractivity (Wildman–Crippen MR) is 102 cm³/mol. The number of nitrogens with zero attached hydrogens (tertiary/aromatic N) is 2. The summed E-state index contributed by atoms with van der Waals surface area (Å²) in [5.41, 5.74) is 3.54. The van der Waals surface area contributed by atoms with Crippen LogP contribution < -0.4 is 10.6 Å². The molecule has 0 heterocycles. The Morgan fingerprint density at radius 3 is 1.28 bits per heavy atom. The van der Waals surface area contributed by atoms with Gasteiger partial charge in [-0.2, -0.15) is 10.5 Å². The average molecular weight is 332 g/mol. The molecule has 0 fully saturated rings. The fourth-order valence-electron chi connectivity index (χ4n) is 2.57. The lowest BCUT2D eigenvalue weighted by atomic mass is 10.1. The molecule has 0 saturated carbocycles. The SMILES string of the molecule is N#Cc1ccc(NCCCCCCCNc2ccc(C#N)cc2)cc1. The number of nitrogens with one attached hydrogen (secondary N) is 2. The van der Waals surface area contributed by atoms with Crippen LogP contribution in [0.5, 0.6) is 0 Å². The average Bonchev–Trinajstić information content (AvgIpc) is 2.67. The minimum absolute atomic E-state index is 0.695. The summed E-state index contributed by atoms with van der Waals surface area (Å²) in [5, 5.41) is 24.3. The van der Waals surface area contributed by atoms with E-state index in [1.165, 1.54) is 19.3 Å². The van der Waals surface area contributed by atoms with E-state index in [9.17, 15) is 0 Å². The maximum Gasteiger partial charge on any atom is 0.0991 e. The summed E-state index contributed by atoms with van der Waals surface area (Å²) in [6, 6.07) is 19.4. The Morgan fingerprint density at radius 1 is 0.560 bits per heavy atom. The van der Waals surface area contributed by atoms with Crippen LogP contribution in [0.3, 0.4) is 0 Å². The van der Waals surface area contributed by atoms with Gasteiger partial charge in [-0.05, 0) is 61.4 Å². The van der Waals surface area contributed by atoms with Gasteiger partial charge in [0.15, 0.2) is 0 Å². The molecule has 0 aliphatic rings. The molecule has 0 spiro atoms. The van der Waals surface area contributed by atoms with E-state index in [4.69, 9.17) is 10.5 Å². The van der Waals surface area contributed by atoms with Gasteiger partial charge in [-0.1, -0.05) is 19.3 Å². The van der Waals surface area contributed by atoms with E-state index in [2.05, 4.69) is 22.8 Å². The van der Waals surface area contributed by atoms with E-state index in [1.54, 1.807) is 0 Å². The standard InChI is InChI=1S/C21H24N4/c22-16-18-6-10-20(11-7-18)24-14-4-2-1-3-5-15-25-21-12-8-19(17-23)9-13-21/h6-13,24-25H,1-5,14-15H2. The number of anilines is 2. The van der Waals surface area contributed by atoms with Crippen LogP contribution in [-0.4, -0.2) is 13.1 Å². The minimum atomic E-state index is 0.695. The van der Waals surface area contributed by atoms with Gasteiger partial charge < -0.3 is 10.6 Å². The normalized spacial score (nSPS) is 9.84. The molecule has 25 heavy (non-hydrogen) atoms. The number of hydrogen-bond acceptors (Lipinski definition) is 4. The van der Waals surface area contributed by atoms with Crippen molar-refractivity contribution in [2.45, 2.75) is 32.1 Å². The highest BCUT2D eigenvalue weighted by molar-refractivity contribution is 5.47. The van der Waals surface area contributed by atoms with Crippen molar-refractivity contribution in [1.82, 2.24) is 0 Å². The Balaban J connectivity index is 1.46. The third kappa shape index (κ3) is 6.97. The van der Waals surface area contributed by atoms with Crippen molar-refractivity contribution < 1.29 is 0 Å². The molecule has 0 aliphatic carbocycles. The van der Waals surface area contributed by atoms with Crippen molar-refractivity contribution >= 4 is 11.4 Å². The molecular weight excluding hydrogens is 308 g/mol. The molecule has 2 N–H and O–H groups in total. The Hall–Kier alpha value is -2.98. The largest absolute Gasteiger partial charge is 0.385 e. The molecule has 0 radical (unpaired) electrons. The fraction of sp³-hybridized carbons (Fsp3) is 0.333. The van der Waals surface area contributed by atoms with Crippen LogP contribution >= 0.6 is 0 Å². The fourth-order valence-corrected chi connectivity index (χ4v) is 2.57. The van der Waals surface area contributed by atoms with Gasteiger partial charge in [0.1, 0.15) is 0 Å². The van der Waals surface area contributed by atoms with Crippen LogP contribution in [0.4, 0.5) is 11.4 Å². The zero-order valence-electron chi connectivity index (χ0n) is 14.5. The molecular formula is C21H24N4. The maximum atomic E-state index is 8.76. The van der Waals surface area contributed by atoms with Gasteiger partial charge in [0.25, 0.3) is 0 Å². The first-order valence-corrected chi connectivity index (χ1v) is 8.80. The lowest BCUT2D eigenvalue weighted by Crippen LogP contribution is -2.02. The summed E-state index contributed by atoms with van der Waals surface area (Å²) in [4.78, 5) is 0. The van der Waals surface area contributed by atoms with E-state index < -0.39 is 0 Å². The highest BCUT2D eigenvalue weighted by Crippen LogP contribution is 2.11.